The molecule has 92 valence electrons. The highest BCUT2D eigenvalue weighted by molar-refractivity contribution is 6.31. The molecular formula is C10H10Cl2N2O3. The van der Waals surface area contributed by atoms with Gasteiger partial charge in [-0.2, -0.15) is 0 Å². The molecule has 1 rings (SSSR count). The second-order valence-electron chi connectivity index (χ2n) is 2.98. The number of hydrogen-bond donors (Lipinski definition) is 2. The van der Waals surface area contributed by atoms with Gasteiger partial charge in [0.2, 0.25) is 5.91 Å². The van der Waals surface area contributed by atoms with Crippen LogP contribution in [0, 0.1) is 0 Å². The Morgan fingerprint density at radius 3 is 2.71 bits per heavy atom. The van der Waals surface area contributed by atoms with Crippen molar-refractivity contribution >= 4 is 40.8 Å². The predicted molar refractivity (Wildman–Crippen MR) is 65.9 cm³/mol. The SMILES string of the molecule is COc1ccc(Cl)cc1NC(=O)NC(=O)CCl. The summed E-state index contributed by atoms with van der Waals surface area (Å²) in [6, 6.07) is 4.02. The zero-order chi connectivity index (χ0) is 12.8. The molecule has 0 bridgehead atoms. The zero-order valence-electron chi connectivity index (χ0n) is 8.92. The van der Waals surface area contributed by atoms with E-state index >= 15 is 0 Å². The number of amides is 3. The topological polar surface area (TPSA) is 67.4 Å². The fourth-order valence-electron chi connectivity index (χ4n) is 1.09. The van der Waals surface area contributed by atoms with E-state index in [0.29, 0.717) is 16.5 Å². The van der Waals surface area contributed by atoms with Crippen molar-refractivity contribution in [2.75, 3.05) is 18.3 Å². The normalized spacial score (nSPS) is 9.59. The third-order valence-corrected chi connectivity index (χ3v) is 2.26. The lowest BCUT2D eigenvalue weighted by atomic mass is 10.3. The lowest BCUT2D eigenvalue weighted by molar-refractivity contribution is -0.117. The van der Waals surface area contributed by atoms with E-state index < -0.39 is 11.9 Å². The second-order valence-corrected chi connectivity index (χ2v) is 3.68. The van der Waals surface area contributed by atoms with E-state index in [1.165, 1.54) is 13.2 Å². The Kier molecular flexibility index (Phi) is 5.06. The monoisotopic (exact) mass is 276 g/mol. The minimum Gasteiger partial charge on any atom is -0.495 e. The van der Waals surface area contributed by atoms with Gasteiger partial charge in [0.15, 0.2) is 0 Å². The molecular weight excluding hydrogens is 267 g/mol. The molecule has 0 saturated carbocycles. The van der Waals surface area contributed by atoms with Gasteiger partial charge in [-0.1, -0.05) is 11.6 Å². The Morgan fingerprint density at radius 1 is 1.41 bits per heavy atom. The van der Waals surface area contributed by atoms with Gasteiger partial charge in [-0.25, -0.2) is 4.79 Å². The first kappa shape index (κ1) is 13.6. The smallest absolute Gasteiger partial charge is 0.326 e. The average molecular weight is 277 g/mol. The van der Waals surface area contributed by atoms with Crippen molar-refractivity contribution in [3.05, 3.63) is 23.2 Å². The fourth-order valence-corrected chi connectivity index (χ4v) is 1.33. The lowest BCUT2D eigenvalue weighted by Gasteiger charge is -2.10. The number of alkyl halides is 1. The van der Waals surface area contributed by atoms with E-state index in [4.69, 9.17) is 27.9 Å². The second kappa shape index (κ2) is 6.32. The van der Waals surface area contributed by atoms with Crippen LogP contribution in [0.25, 0.3) is 0 Å². The minimum atomic E-state index is -0.698. The van der Waals surface area contributed by atoms with Crippen molar-refractivity contribution in [2.45, 2.75) is 0 Å². The maximum atomic E-state index is 11.4. The number of imide groups is 1. The Balaban J connectivity index is 2.76. The van der Waals surface area contributed by atoms with Crippen molar-refractivity contribution in [3.8, 4) is 5.75 Å². The highest BCUT2D eigenvalue weighted by Crippen LogP contribution is 2.27. The number of nitrogens with one attached hydrogen (secondary N) is 2. The first-order valence-corrected chi connectivity index (χ1v) is 5.48. The molecule has 0 saturated heterocycles. The Hall–Kier alpha value is -1.46. The van der Waals surface area contributed by atoms with Gasteiger partial charge in [0.1, 0.15) is 11.6 Å². The van der Waals surface area contributed by atoms with Crippen LogP contribution in [0.1, 0.15) is 0 Å². The molecule has 0 aliphatic carbocycles. The van der Waals surface area contributed by atoms with Gasteiger partial charge in [0.05, 0.1) is 12.8 Å². The van der Waals surface area contributed by atoms with Crippen molar-refractivity contribution in [3.63, 3.8) is 0 Å². The molecule has 0 spiro atoms. The van der Waals surface area contributed by atoms with E-state index in [-0.39, 0.29) is 5.88 Å². The molecule has 3 amide bonds. The van der Waals surface area contributed by atoms with Crippen molar-refractivity contribution in [1.82, 2.24) is 5.32 Å². The minimum absolute atomic E-state index is 0.292. The number of ether oxygens (including phenoxy) is 1. The quantitative estimate of drug-likeness (QED) is 0.832. The van der Waals surface area contributed by atoms with E-state index in [1.807, 2.05) is 5.32 Å². The maximum absolute atomic E-state index is 11.4. The molecule has 17 heavy (non-hydrogen) atoms. The summed E-state index contributed by atoms with van der Waals surface area (Å²) in [5, 5.41) is 4.89. The van der Waals surface area contributed by atoms with Crippen LogP contribution in [0.5, 0.6) is 5.75 Å². The van der Waals surface area contributed by atoms with Crippen molar-refractivity contribution in [1.29, 1.82) is 0 Å². The number of anilines is 1. The van der Waals surface area contributed by atoms with Crippen LogP contribution in [0.3, 0.4) is 0 Å². The van der Waals surface area contributed by atoms with E-state index in [2.05, 4.69) is 5.32 Å². The molecule has 0 fully saturated rings. The number of methoxy groups -OCH3 is 1. The largest absolute Gasteiger partial charge is 0.495 e. The lowest BCUT2D eigenvalue weighted by Crippen LogP contribution is -2.35. The van der Waals surface area contributed by atoms with Gasteiger partial charge in [-0.15, -0.1) is 11.6 Å². The Labute approximate surface area is 108 Å². The first-order chi connectivity index (χ1) is 8.06. The van der Waals surface area contributed by atoms with Gasteiger partial charge in [-0.05, 0) is 18.2 Å². The molecule has 0 atom stereocenters. The summed E-state index contributed by atoms with van der Waals surface area (Å²) >= 11 is 11.0. The van der Waals surface area contributed by atoms with Crippen LogP contribution in [0.4, 0.5) is 10.5 Å². The summed E-state index contributed by atoms with van der Waals surface area (Å²) in [6.45, 7) is 0. The average Bonchev–Trinajstić information content (AvgIpc) is 2.29. The maximum Gasteiger partial charge on any atom is 0.326 e. The van der Waals surface area contributed by atoms with Crippen molar-refractivity contribution in [2.24, 2.45) is 0 Å². The van der Waals surface area contributed by atoms with E-state index in [9.17, 15) is 9.59 Å². The molecule has 0 aliphatic rings. The summed E-state index contributed by atoms with van der Waals surface area (Å²) in [6.07, 6.45) is 0. The Bertz CT molecular complexity index is 438. The molecule has 2 N–H and O–H groups in total. The number of benzene rings is 1. The number of hydrogen-bond acceptors (Lipinski definition) is 3. The summed E-state index contributed by atoms with van der Waals surface area (Å²) in [7, 11) is 1.45. The van der Waals surface area contributed by atoms with Crippen molar-refractivity contribution < 1.29 is 14.3 Å². The predicted octanol–water partition coefficient (Wildman–Crippen LogP) is 2.24. The number of rotatable bonds is 3. The van der Waals surface area contributed by atoms with Gasteiger partial charge in [0, 0.05) is 5.02 Å². The van der Waals surface area contributed by atoms with Gasteiger partial charge in [0.25, 0.3) is 0 Å². The summed E-state index contributed by atoms with van der Waals surface area (Å²) in [5.41, 5.74) is 0.361. The molecule has 5 nitrogen and oxygen atoms in total. The molecule has 0 aliphatic heterocycles. The summed E-state index contributed by atoms with van der Waals surface area (Å²) in [5.74, 6) is -0.451. The molecule has 1 aromatic rings. The molecule has 0 aromatic heterocycles. The van der Waals surface area contributed by atoms with Crippen LogP contribution in [0.2, 0.25) is 5.02 Å². The standard InChI is InChI=1S/C10H10Cl2N2O3/c1-17-8-3-2-6(12)4-7(8)13-10(16)14-9(15)5-11/h2-4H,5H2,1H3,(H2,13,14,15,16). The van der Waals surface area contributed by atoms with Gasteiger partial charge >= 0.3 is 6.03 Å². The van der Waals surface area contributed by atoms with E-state index in [0.717, 1.165) is 0 Å². The molecule has 0 unspecified atom stereocenters. The van der Waals surface area contributed by atoms with Crippen LogP contribution in [0.15, 0.2) is 18.2 Å². The zero-order valence-corrected chi connectivity index (χ0v) is 10.4. The number of carbonyl (C=O) groups excluding carboxylic acids is 2. The number of carbonyl (C=O) groups is 2. The van der Waals surface area contributed by atoms with E-state index in [1.54, 1.807) is 12.1 Å². The summed E-state index contributed by atoms with van der Waals surface area (Å²) in [4.78, 5) is 22.2. The van der Waals surface area contributed by atoms with Gasteiger partial charge < -0.3 is 10.1 Å². The molecule has 1 aromatic carbocycles. The fraction of sp³-hybridized carbons (Fsp3) is 0.200. The molecule has 0 heterocycles. The van der Waals surface area contributed by atoms with Crippen LogP contribution >= 0.6 is 23.2 Å². The van der Waals surface area contributed by atoms with Crippen LogP contribution < -0.4 is 15.4 Å². The van der Waals surface area contributed by atoms with Gasteiger partial charge in [-0.3, -0.25) is 10.1 Å². The number of urea groups is 1. The first-order valence-electron chi connectivity index (χ1n) is 4.57. The highest BCUT2D eigenvalue weighted by atomic mass is 35.5. The third kappa shape index (κ3) is 4.13. The molecule has 0 radical (unpaired) electrons. The molecule has 7 heteroatoms. The highest BCUT2D eigenvalue weighted by Gasteiger charge is 2.10. The van der Waals surface area contributed by atoms with Crippen LogP contribution in [-0.4, -0.2) is 24.9 Å². The Morgan fingerprint density at radius 2 is 2.12 bits per heavy atom. The number of halogens is 2. The van der Waals surface area contributed by atoms with Crippen LogP contribution in [-0.2, 0) is 4.79 Å². The third-order valence-electron chi connectivity index (χ3n) is 1.78. The summed E-state index contributed by atoms with van der Waals surface area (Å²) < 4.78 is 5.02.